The van der Waals surface area contributed by atoms with E-state index in [2.05, 4.69) is 9.97 Å². The van der Waals surface area contributed by atoms with Crippen molar-refractivity contribution in [2.45, 2.75) is 6.54 Å². The first-order chi connectivity index (χ1) is 6.36. The van der Waals surface area contributed by atoms with E-state index in [1.807, 2.05) is 12.3 Å². The highest BCUT2D eigenvalue weighted by Gasteiger charge is 2.06. The van der Waals surface area contributed by atoms with Gasteiger partial charge in [0.1, 0.15) is 5.52 Å². The number of H-pyrrole nitrogens is 1. The Labute approximate surface area is 75.7 Å². The maximum atomic E-state index is 5.57. The van der Waals surface area contributed by atoms with Crippen LogP contribution in [0.2, 0.25) is 0 Å². The normalized spacial score (nSPS) is 10.6. The average Bonchev–Trinajstić information content (AvgIpc) is 2.60. The minimum atomic E-state index is 0.521. The smallest absolute Gasteiger partial charge is 0.238 e. The molecule has 0 saturated heterocycles. The van der Waals surface area contributed by atoms with Crippen LogP contribution in [0.25, 0.3) is 10.9 Å². The van der Waals surface area contributed by atoms with E-state index in [0.29, 0.717) is 12.4 Å². The number of pyridine rings is 1. The van der Waals surface area contributed by atoms with Gasteiger partial charge in [-0.05, 0) is 11.6 Å². The van der Waals surface area contributed by atoms with Crippen molar-refractivity contribution in [3.8, 4) is 5.88 Å². The van der Waals surface area contributed by atoms with Crippen molar-refractivity contribution in [3.63, 3.8) is 0 Å². The highest BCUT2D eigenvalue weighted by atomic mass is 16.5. The van der Waals surface area contributed by atoms with Crippen molar-refractivity contribution >= 4 is 10.9 Å². The van der Waals surface area contributed by atoms with Crippen LogP contribution in [0.5, 0.6) is 5.88 Å². The summed E-state index contributed by atoms with van der Waals surface area (Å²) >= 11 is 0. The van der Waals surface area contributed by atoms with Gasteiger partial charge in [-0.1, -0.05) is 0 Å². The van der Waals surface area contributed by atoms with Crippen molar-refractivity contribution in [3.05, 3.63) is 24.0 Å². The van der Waals surface area contributed by atoms with Gasteiger partial charge in [0.2, 0.25) is 5.88 Å². The van der Waals surface area contributed by atoms with Gasteiger partial charge in [-0.2, -0.15) is 0 Å². The molecule has 0 fully saturated rings. The number of aromatic amines is 1. The van der Waals surface area contributed by atoms with Crippen LogP contribution < -0.4 is 10.5 Å². The van der Waals surface area contributed by atoms with E-state index in [1.54, 1.807) is 13.3 Å². The number of nitrogens with zero attached hydrogens (tertiary/aromatic N) is 1. The van der Waals surface area contributed by atoms with E-state index in [1.165, 1.54) is 0 Å². The minimum Gasteiger partial charge on any atom is -0.479 e. The molecule has 0 unspecified atom stereocenters. The van der Waals surface area contributed by atoms with Gasteiger partial charge in [0.25, 0.3) is 0 Å². The molecule has 0 aliphatic carbocycles. The van der Waals surface area contributed by atoms with E-state index in [0.717, 1.165) is 16.5 Å². The molecule has 0 spiro atoms. The number of nitrogens with two attached hydrogens (primary N) is 1. The van der Waals surface area contributed by atoms with Crippen LogP contribution in [0.4, 0.5) is 0 Å². The molecule has 4 heteroatoms. The van der Waals surface area contributed by atoms with Crippen LogP contribution in [0, 0.1) is 0 Å². The number of hydrogen-bond donors (Lipinski definition) is 2. The molecule has 0 amide bonds. The Morgan fingerprint density at radius 1 is 1.62 bits per heavy atom. The van der Waals surface area contributed by atoms with E-state index in [4.69, 9.17) is 10.5 Å². The second kappa shape index (κ2) is 3.06. The number of aromatic nitrogens is 2. The maximum absolute atomic E-state index is 5.57. The van der Waals surface area contributed by atoms with Gasteiger partial charge in [-0.25, -0.2) is 4.98 Å². The molecule has 0 saturated carbocycles. The third-order valence-corrected chi connectivity index (χ3v) is 2.07. The van der Waals surface area contributed by atoms with Gasteiger partial charge in [0.15, 0.2) is 0 Å². The minimum absolute atomic E-state index is 0.521. The zero-order chi connectivity index (χ0) is 9.26. The SMILES string of the molecule is COc1nccc2c(CN)c[nH]c12. The lowest BCUT2D eigenvalue weighted by Crippen LogP contribution is -1.94. The number of nitrogens with one attached hydrogen (secondary N) is 1. The zero-order valence-electron chi connectivity index (χ0n) is 7.37. The maximum Gasteiger partial charge on any atom is 0.238 e. The fourth-order valence-corrected chi connectivity index (χ4v) is 1.41. The summed E-state index contributed by atoms with van der Waals surface area (Å²) in [7, 11) is 1.60. The zero-order valence-corrected chi connectivity index (χ0v) is 7.37. The molecule has 2 rings (SSSR count). The summed E-state index contributed by atoms with van der Waals surface area (Å²) in [5, 5.41) is 1.08. The fraction of sp³-hybridized carbons (Fsp3) is 0.222. The molecule has 3 N–H and O–H groups in total. The van der Waals surface area contributed by atoms with E-state index in [-0.39, 0.29) is 0 Å². The first kappa shape index (κ1) is 8.07. The van der Waals surface area contributed by atoms with Crippen LogP contribution in [0.15, 0.2) is 18.5 Å². The van der Waals surface area contributed by atoms with Crippen LogP contribution >= 0.6 is 0 Å². The molecular weight excluding hydrogens is 166 g/mol. The molecule has 0 bridgehead atoms. The van der Waals surface area contributed by atoms with Crippen LogP contribution in [0.1, 0.15) is 5.56 Å². The van der Waals surface area contributed by atoms with Gasteiger partial charge in [0.05, 0.1) is 7.11 Å². The summed E-state index contributed by atoms with van der Waals surface area (Å²) in [6.45, 7) is 0.521. The van der Waals surface area contributed by atoms with Crippen molar-refractivity contribution in [1.29, 1.82) is 0 Å². The highest BCUT2D eigenvalue weighted by Crippen LogP contribution is 2.23. The van der Waals surface area contributed by atoms with Gasteiger partial charge in [-0.15, -0.1) is 0 Å². The molecule has 0 aliphatic heterocycles. The number of fused-ring (bicyclic) bond motifs is 1. The number of rotatable bonds is 2. The molecule has 0 radical (unpaired) electrons. The third-order valence-electron chi connectivity index (χ3n) is 2.07. The summed E-state index contributed by atoms with van der Waals surface area (Å²) in [5.74, 6) is 0.609. The van der Waals surface area contributed by atoms with Gasteiger partial charge >= 0.3 is 0 Å². The number of hydrogen-bond acceptors (Lipinski definition) is 3. The Kier molecular flexibility index (Phi) is 1.90. The van der Waals surface area contributed by atoms with E-state index >= 15 is 0 Å². The second-order valence-corrected chi connectivity index (χ2v) is 2.76. The first-order valence-electron chi connectivity index (χ1n) is 4.06. The van der Waals surface area contributed by atoms with Crippen LogP contribution in [0.3, 0.4) is 0 Å². The van der Waals surface area contributed by atoms with Crippen molar-refractivity contribution in [1.82, 2.24) is 9.97 Å². The summed E-state index contributed by atoms with van der Waals surface area (Å²) < 4.78 is 5.10. The monoisotopic (exact) mass is 177 g/mol. The molecule has 68 valence electrons. The second-order valence-electron chi connectivity index (χ2n) is 2.76. The first-order valence-corrected chi connectivity index (χ1v) is 4.06. The summed E-state index contributed by atoms with van der Waals surface area (Å²) in [6, 6.07) is 1.93. The fourth-order valence-electron chi connectivity index (χ4n) is 1.41. The topological polar surface area (TPSA) is 63.9 Å². The van der Waals surface area contributed by atoms with Crippen molar-refractivity contribution < 1.29 is 4.74 Å². The molecule has 2 heterocycles. The summed E-state index contributed by atoms with van der Waals surface area (Å²) in [5.41, 5.74) is 7.56. The largest absolute Gasteiger partial charge is 0.479 e. The van der Waals surface area contributed by atoms with Crippen molar-refractivity contribution in [2.75, 3.05) is 7.11 Å². The highest BCUT2D eigenvalue weighted by molar-refractivity contribution is 5.86. The predicted molar refractivity (Wildman–Crippen MR) is 50.5 cm³/mol. The lowest BCUT2D eigenvalue weighted by Gasteiger charge is -1.99. The molecule has 0 atom stereocenters. The Hall–Kier alpha value is -1.55. The Balaban J connectivity index is 2.72. The van der Waals surface area contributed by atoms with Crippen LogP contribution in [-0.4, -0.2) is 17.1 Å². The standard InChI is InChI=1S/C9H11N3O/c1-13-9-8-7(2-3-11-9)6(4-10)5-12-8/h2-3,5,12H,4,10H2,1H3. The molecule has 0 aromatic carbocycles. The van der Waals surface area contributed by atoms with Crippen molar-refractivity contribution in [2.24, 2.45) is 5.73 Å². The molecule has 2 aromatic heterocycles. The summed E-state index contributed by atoms with van der Waals surface area (Å²) in [4.78, 5) is 7.17. The summed E-state index contributed by atoms with van der Waals surface area (Å²) in [6.07, 6.45) is 3.60. The molecule has 4 nitrogen and oxygen atoms in total. The van der Waals surface area contributed by atoms with E-state index in [9.17, 15) is 0 Å². The van der Waals surface area contributed by atoms with Gasteiger partial charge < -0.3 is 15.5 Å². The molecule has 0 aliphatic rings. The number of ether oxygens (including phenoxy) is 1. The van der Waals surface area contributed by atoms with E-state index < -0.39 is 0 Å². The molecule has 2 aromatic rings. The lowest BCUT2D eigenvalue weighted by molar-refractivity contribution is 0.402. The lowest BCUT2D eigenvalue weighted by atomic mass is 10.2. The Morgan fingerprint density at radius 2 is 2.46 bits per heavy atom. The third kappa shape index (κ3) is 1.15. The predicted octanol–water partition coefficient (Wildman–Crippen LogP) is 1.03. The molecule has 13 heavy (non-hydrogen) atoms. The quantitative estimate of drug-likeness (QED) is 0.720. The van der Waals surface area contributed by atoms with Gasteiger partial charge in [-0.3, -0.25) is 0 Å². The Bertz CT molecular complexity index is 422. The molecular formula is C9H11N3O. The Morgan fingerprint density at radius 3 is 3.15 bits per heavy atom. The van der Waals surface area contributed by atoms with Gasteiger partial charge in [0, 0.05) is 24.3 Å². The number of methoxy groups -OCH3 is 1. The average molecular weight is 177 g/mol. The van der Waals surface area contributed by atoms with Crippen LogP contribution in [-0.2, 0) is 6.54 Å².